The smallest absolute Gasteiger partial charge is 0.124 e. The van der Waals surface area contributed by atoms with Gasteiger partial charge in [0.2, 0.25) is 0 Å². The molecule has 1 N–H and O–H groups in total. The molecular formula is C18H29BrFN. The van der Waals surface area contributed by atoms with Crippen LogP contribution in [-0.4, -0.2) is 7.05 Å². The first-order chi connectivity index (χ1) is 10.2. The number of hydrogen-bond acceptors (Lipinski definition) is 1. The summed E-state index contributed by atoms with van der Waals surface area (Å²) in [5, 5.41) is 3.35. The zero-order valence-electron chi connectivity index (χ0n) is 13.4. The van der Waals surface area contributed by atoms with Gasteiger partial charge in [-0.25, -0.2) is 4.39 Å². The van der Waals surface area contributed by atoms with E-state index in [-0.39, 0.29) is 5.82 Å². The maximum Gasteiger partial charge on any atom is 0.124 e. The Bertz CT molecular complexity index is 395. The Kier molecular flexibility index (Phi) is 9.94. The summed E-state index contributed by atoms with van der Waals surface area (Å²) >= 11 is 3.47. The summed E-state index contributed by atoms with van der Waals surface area (Å²) in [6.07, 6.45) is 11.8. The van der Waals surface area contributed by atoms with Crippen molar-refractivity contribution in [3.63, 3.8) is 0 Å². The normalized spacial score (nSPS) is 12.6. The van der Waals surface area contributed by atoms with Gasteiger partial charge < -0.3 is 5.32 Å². The van der Waals surface area contributed by atoms with Crippen molar-refractivity contribution in [2.24, 2.45) is 0 Å². The van der Waals surface area contributed by atoms with Crippen molar-refractivity contribution < 1.29 is 4.39 Å². The van der Waals surface area contributed by atoms with E-state index >= 15 is 0 Å². The molecular weight excluding hydrogens is 329 g/mol. The van der Waals surface area contributed by atoms with Crippen LogP contribution >= 0.6 is 15.9 Å². The highest BCUT2D eigenvalue weighted by Gasteiger charge is 2.12. The monoisotopic (exact) mass is 357 g/mol. The second-order valence-electron chi connectivity index (χ2n) is 5.77. The van der Waals surface area contributed by atoms with Crippen LogP contribution in [0.2, 0.25) is 0 Å². The van der Waals surface area contributed by atoms with Gasteiger partial charge in [-0.15, -0.1) is 0 Å². The number of unbranched alkanes of at least 4 members (excludes halogenated alkanes) is 7. The Morgan fingerprint density at radius 3 is 2.24 bits per heavy atom. The van der Waals surface area contributed by atoms with Crippen molar-refractivity contribution >= 4 is 15.9 Å². The average molecular weight is 358 g/mol. The number of rotatable bonds is 11. The minimum absolute atomic E-state index is 0.187. The van der Waals surface area contributed by atoms with Crippen molar-refractivity contribution in [3.05, 3.63) is 34.1 Å². The molecule has 21 heavy (non-hydrogen) atoms. The van der Waals surface area contributed by atoms with Crippen molar-refractivity contribution in [1.82, 2.24) is 5.32 Å². The second-order valence-corrected chi connectivity index (χ2v) is 6.62. The predicted molar refractivity (Wildman–Crippen MR) is 93.1 cm³/mol. The van der Waals surface area contributed by atoms with Crippen molar-refractivity contribution in [1.29, 1.82) is 0 Å². The topological polar surface area (TPSA) is 12.0 Å². The summed E-state index contributed by atoms with van der Waals surface area (Å²) in [7, 11) is 1.98. The number of halogens is 2. The molecule has 1 rings (SSSR count). The highest BCUT2D eigenvalue weighted by molar-refractivity contribution is 9.10. The SMILES string of the molecule is CCCCCCCCCCC(NC)c1ccc(F)cc1Br. The molecule has 1 aromatic carbocycles. The molecule has 0 aromatic heterocycles. The number of benzene rings is 1. The first kappa shape index (κ1) is 18.6. The summed E-state index contributed by atoms with van der Waals surface area (Å²) < 4.78 is 14.0. The first-order valence-corrected chi connectivity index (χ1v) is 9.10. The molecule has 0 bridgehead atoms. The van der Waals surface area contributed by atoms with Crippen LogP contribution in [0.3, 0.4) is 0 Å². The van der Waals surface area contributed by atoms with Crippen LogP contribution in [0.1, 0.15) is 76.3 Å². The molecule has 1 nitrogen and oxygen atoms in total. The van der Waals surface area contributed by atoms with E-state index in [0.717, 1.165) is 16.5 Å². The van der Waals surface area contributed by atoms with Crippen LogP contribution in [0.4, 0.5) is 4.39 Å². The minimum Gasteiger partial charge on any atom is -0.313 e. The third kappa shape index (κ3) is 7.42. The lowest BCUT2D eigenvalue weighted by molar-refractivity contribution is 0.492. The van der Waals surface area contributed by atoms with Gasteiger partial charge in [0, 0.05) is 10.5 Å². The van der Waals surface area contributed by atoms with E-state index in [1.807, 2.05) is 13.1 Å². The van der Waals surface area contributed by atoms with E-state index in [0.29, 0.717) is 6.04 Å². The van der Waals surface area contributed by atoms with Gasteiger partial charge in [-0.1, -0.05) is 80.3 Å². The fourth-order valence-electron chi connectivity index (χ4n) is 2.72. The van der Waals surface area contributed by atoms with E-state index in [4.69, 9.17) is 0 Å². The van der Waals surface area contributed by atoms with E-state index in [2.05, 4.69) is 28.2 Å². The maximum absolute atomic E-state index is 13.1. The summed E-state index contributed by atoms with van der Waals surface area (Å²) in [5.41, 5.74) is 1.15. The van der Waals surface area contributed by atoms with Gasteiger partial charge in [-0.2, -0.15) is 0 Å². The van der Waals surface area contributed by atoms with E-state index in [9.17, 15) is 4.39 Å². The molecule has 0 aliphatic rings. The first-order valence-electron chi connectivity index (χ1n) is 8.31. The zero-order valence-corrected chi connectivity index (χ0v) is 15.0. The van der Waals surface area contributed by atoms with Crippen LogP contribution in [0.15, 0.2) is 22.7 Å². The zero-order chi connectivity index (χ0) is 15.5. The molecule has 0 saturated carbocycles. The average Bonchev–Trinajstić information content (AvgIpc) is 2.47. The van der Waals surface area contributed by atoms with Crippen LogP contribution in [0, 0.1) is 5.82 Å². The molecule has 0 amide bonds. The highest BCUT2D eigenvalue weighted by Crippen LogP contribution is 2.27. The molecule has 1 aromatic rings. The Hall–Kier alpha value is -0.410. The molecule has 0 fully saturated rings. The molecule has 1 unspecified atom stereocenters. The lowest BCUT2D eigenvalue weighted by Gasteiger charge is -2.18. The molecule has 0 aliphatic heterocycles. The quantitative estimate of drug-likeness (QED) is 0.453. The Labute approximate surface area is 137 Å². The van der Waals surface area contributed by atoms with Crippen LogP contribution in [0.25, 0.3) is 0 Å². The van der Waals surface area contributed by atoms with Crippen LogP contribution < -0.4 is 5.32 Å². The van der Waals surface area contributed by atoms with Gasteiger partial charge >= 0.3 is 0 Å². The lowest BCUT2D eigenvalue weighted by Crippen LogP contribution is -2.16. The molecule has 0 radical (unpaired) electrons. The summed E-state index contributed by atoms with van der Waals surface area (Å²) in [6, 6.07) is 5.27. The Morgan fingerprint density at radius 1 is 1.05 bits per heavy atom. The van der Waals surface area contributed by atoms with Gasteiger partial charge in [-0.05, 0) is 31.2 Å². The standard InChI is InChI=1S/C18H29BrFN/c1-3-4-5-6-7-8-9-10-11-18(21-2)16-13-12-15(20)14-17(16)19/h12-14,18,21H,3-11H2,1-2H3. The lowest BCUT2D eigenvalue weighted by atomic mass is 9.99. The summed E-state index contributed by atoms with van der Waals surface area (Å²) in [5.74, 6) is -0.187. The molecule has 1 atom stereocenters. The van der Waals surface area contributed by atoms with Gasteiger partial charge in [-0.3, -0.25) is 0 Å². The molecule has 120 valence electrons. The number of nitrogens with one attached hydrogen (secondary N) is 1. The Balaban J connectivity index is 2.25. The van der Waals surface area contributed by atoms with Gasteiger partial charge in [0.1, 0.15) is 5.82 Å². The molecule has 0 heterocycles. The van der Waals surface area contributed by atoms with Crippen molar-refractivity contribution in [2.75, 3.05) is 7.05 Å². The van der Waals surface area contributed by atoms with Gasteiger partial charge in [0.05, 0.1) is 0 Å². The Morgan fingerprint density at radius 2 is 1.67 bits per heavy atom. The number of hydrogen-bond donors (Lipinski definition) is 1. The van der Waals surface area contributed by atoms with Crippen LogP contribution in [0.5, 0.6) is 0 Å². The predicted octanol–water partition coefficient (Wildman–Crippen LogP) is 6.38. The van der Waals surface area contributed by atoms with Crippen LogP contribution in [-0.2, 0) is 0 Å². The largest absolute Gasteiger partial charge is 0.313 e. The fourth-order valence-corrected chi connectivity index (χ4v) is 3.35. The third-order valence-corrected chi connectivity index (χ3v) is 4.72. The fraction of sp³-hybridized carbons (Fsp3) is 0.667. The molecule has 3 heteroatoms. The maximum atomic E-state index is 13.1. The molecule has 0 aliphatic carbocycles. The van der Waals surface area contributed by atoms with Gasteiger partial charge in [0.25, 0.3) is 0 Å². The summed E-state index contributed by atoms with van der Waals surface area (Å²) in [6.45, 7) is 2.26. The van der Waals surface area contributed by atoms with E-state index < -0.39 is 0 Å². The van der Waals surface area contributed by atoms with E-state index in [1.165, 1.54) is 57.4 Å². The molecule has 0 spiro atoms. The van der Waals surface area contributed by atoms with Crippen molar-refractivity contribution in [2.45, 2.75) is 70.8 Å². The van der Waals surface area contributed by atoms with Crippen molar-refractivity contribution in [3.8, 4) is 0 Å². The summed E-state index contributed by atoms with van der Waals surface area (Å²) in [4.78, 5) is 0. The van der Waals surface area contributed by atoms with Gasteiger partial charge in [0.15, 0.2) is 0 Å². The minimum atomic E-state index is -0.187. The van der Waals surface area contributed by atoms with E-state index in [1.54, 1.807) is 6.07 Å². The highest BCUT2D eigenvalue weighted by atomic mass is 79.9. The third-order valence-electron chi connectivity index (χ3n) is 4.03. The second kappa shape index (κ2) is 11.2. The molecule has 0 saturated heterocycles.